The molecule has 2 N–H and O–H groups in total. The second-order valence-electron chi connectivity index (χ2n) is 11.9. The lowest BCUT2D eigenvalue weighted by Crippen LogP contribution is -2.37. The minimum atomic E-state index is -0.368. The number of hydrogen-bond donors (Lipinski definition) is 2. The molecule has 3 amide bonds. The molecule has 2 fully saturated rings. The SMILES string of the molecule is CC(C)n1ccc2c(N3CCOCC3)nc(-c3ccc(NC(=O)Nc4ccc(C(=O)N5CCC(N(C)C)C5)cc4)cc3)nc21. The van der Waals surface area contributed by atoms with Gasteiger partial charge in [-0.15, -0.1) is 0 Å². The summed E-state index contributed by atoms with van der Waals surface area (Å²) in [4.78, 5) is 41.9. The van der Waals surface area contributed by atoms with E-state index in [9.17, 15) is 9.59 Å². The maximum absolute atomic E-state index is 12.9. The molecule has 4 aromatic rings. The Hall–Kier alpha value is -4.48. The molecular formula is C33H40N8O3. The number of morpholine rings is 1. The molecule has 44 heavy (non-hydrogen) atoms. The van der Waals surface area contributed by atoms with Crippen molar-refractivity contribution in [3.8, 4) is 11.4 Å². The van der Waals surface area contributed by atoms with Gasteiger partial charge in [0.1, 0.15) is 11.5 Å². The van der Waals surface area contributed by atoms with Gasteiger partial charge in [0, 0.05) is 67.0 Å². The number of aromatic nitrogens is 3. The molecular weight excluding hydrogens is 556 g/mol. The number of likely N-dealkylation sites (tertiary alicyclic amines) is 1. The largest absolute Gasteiger partial charge is 0.378 e. The Morgan fingerprint density at radius 1 is 0.909 bits per heavy atom. The minimum absolute atomic E-state index is 0.0167. The van der Waals surface area contributed by atoms with E-state index in [0.29, 0.717) is 42.0 Å². The monoisotopic (exact) mass is 596 g/mol. The van der Waals surface area contributed by atoms with E-state index in [0.717, 1.165) is 55.0 Å². The van der Waals surface area contributed by atoms with Crippen molar-refractivity contribution in [2.75, 3.05) is 69.0 Å². The van der Waals surface area contributed by atoms with E-state index in [4.69, 9.17) is 14.7 Å². The van der Waals surface area contributed by atoms with Crippen LogP contribution in [0.4, 0.5) is 22.0 Å². The predicted octanol–water partition coefficient (Wildman–Crippen LogP) is 4.94. The maximum Gasteiger partial charge on any atom is 0.323 e. The quantitative estimate of drug-likeness (QED) is 0.311. The van der Waals surface area contributed by atoms with Crippen LogP contribution < -0.4 is 15.5 Å². The van der Waals surface area contributed by atoms with E-state index < -0.39 is 0 Å². The average molecular weight is 597 g/mol. The van der Waals surface area contributed by atoms with Gasteiger partial charge in [-0.2, -0.15) is 0 Å². The minimum Gasteiger partial charge on any atom is -0.378 e. The zero-order valence-electron chi connectivity index (χ0n) is 25.8. The van der Waals surface area contributed by atoms with Crippen molar-refractivity contribution in [2.45, 2.75) is 32.4 Å². The van der Waals surface area contributed by atoms with Crippen LogP contribution in [0, 0.1) is 0 Å². The lowest BCUT2D eigenvalue weighted by atomic mass is 10.2. The van der Waals surface area contributed by atoms with Crippen LogP contribution in [0.15, 0.2) is 60.8 Å². The van der Waals surface area contributed by atoms with Gasteiger partial charge < -0.3 is 34.6 Å². The number of carbonyl (C=O) groups excluding carboxylic acids is 2. The molecule has 2 aliphatic heterocycles. The Morgan fingerprint density at radius 2 is 1.57 bits per heavy atom. The van der Waals surface area contributed by atoms with Crippen molar-refractivity contribution in [1.82, 2.24) is 24.3 Å². The number of urea groups is 1. The topological polar surface area (TPSA) is 108 Å². The van der Waals surface area contributed by atoms with Crippen molar-refractivity contribution >= 4 is 40.2 Å². The van der Waals surface area contributed by atoms with Crippen LogP contribution in [0.1, 0.15) is 36.7 Å². The Kier molecular flexibility index (Phi) is 8.49. The number of fused-ring (bicyclic) bond motifs is 1. The second kappa shape index (κ2) is 12.6. The van der Waals surface area contributed by atoms with Crippen LogP contribution in [-0.4, -0.2) is 95.8 Å². The predicted molar refractivity (Wildman–Crippen MR) is 173 cm³/mol. The van der Waals surface area contributed by atoms with Crippen LogP contribution in [0.25, 0.3) is 22.4 Å². The number of rotatable bonds is 7. The van der Waals surface area contributed by atoms with Crippen molar-refractivity contribution in [3.05, 3.63) is 66.4 Å². The van der Waals surface area contributed by atoms with Gasteiger partial charge in [-0.05, 0) is 89.0 Å². The number of carbonyl (C=O) groups is 2. The van der Waals surface area contributed by atoms with Gasteiger partial charge >= 0.3 is 6.03 Å². The molecule has 2 aliphatic rings. The number of ether oxygens (including phenoxy) is 1. The molecule has 1 atom stereocenters. The maximum atomic E-state index is 12.9. The molecule has 230 valence electrons. The zero-order chi connectivity index (χ0) is 30.8. The summed E-state index contributed by atoms with van der Waals surface area (Å²) in [5.74, 6) is 1.57. The number of hydrogen-bond acceptors (Lipinski definition) is 7. The Labute approximate surface area is 257 Å². The van der Waals surface area contributed by atoms with E-state index in [-0.39, 0.29) is 18.0 Å². The Bertz CT molecular complexity index is 1630. The van der Waals surface area contributed by atoms with Crippen LogP contribution in [-0.2, 0) is 4.74 Å². The van der Waals surface area contributed by atoms with E-state index in [1.807, 2.05) is 43.3 Å². The lowest BCUT2D eigenvalue weighted by Gasteiger charge is -2.28. The summed E-state index contributed by atoms with van der Waals surface area (Å²) < 4.78 is 7.74. The zero-order valence-corrected chi connectivity index (χ0v) is 25.8. The summed E-state index contributed by atoms with van der Waals surface area (Å²) in [5.41, 5.74) is 3.62. The van der Waals surface area contributed by atoms with Gasteiger partial charge in [0.15, 0.2) is 5.82 Å². The van der Waals surface area contributed by atoms with Crippen LogP contribution in [0.2, 0.25) is 0 Å². The smallest absolute Gasteiger partial charge is 0.323 e. The highest BCUT2D eigenvalue weighted by atomic mass is 16.5. The second-order valence-corrected chi connectivity index (χ2v) is 11.9. The molecule has 6 rings (SSSR count). The third-order valence-electron chi connectivity index (χ3n) is 8.39. The van der Waals surface area contributed by atoms with Crippen molar-refractivity contribution < 1.29 is 14.3 Å². The van der Waals surface area contributed by atoms with Gasteiger partial charge in [-0.3, -0.25) is 4.79 Å². The Morgan fingerprint density at radius 3 is 2.18 bits per heavy atom. The van der Waals surface area contributed by atoms with Gasteiger partial charge in [-0.25, -0.2) is 14.8 Å². The number of nitrogens with zero attached hydrogens (tertiary/aromatic N) is 6. The third kappa shape index (κ3) is 6.24. The highest BCUT2D eigenvalue weighted by Gasteiger charge is 2.28. The van der Waals surface area contributed by atoms with Crippen molar-refractivity contribution in [2.24, 2.45) is 0 Å². The first kappa shape index (κ1) is 29.6. The molecule has 2 saturated heterocycles. The molecule has 0 radical (unpaired) electrons. The summed E-state index contributed by atoms with van der Waals surface area (Å²) in [5, 5.41) is 6.76. The Balaban J connectivity index is 1.12. The standard InChI is InChI=1S/C33H40N8O3/c1-22(2)41-16-14-28-30(39-17-19-44-20-18-39)36-29(37-31(28)41)23-5-9-25(10-6-23)34-33(43)35-26-11-7-24(8-12-26)32(42)40-15-13-27(21-40)38(3)4/h5-12,14,16,22,27H,13,15,17-21H2,1-4H3,(H2,34,35,43). The van der Waals surface area contributed by atoms with Crippen LogP contribution in [0.3, 0.4) is 0 Å². The van der Waals surface area contributed by atoms with E-state index in [1.54, 1.807) is 24.3 Å². The number of benzene rings is 2. The normalized spacial score (nSPS) is 17.1. The van der Waals surface area contributed by atoms with Crippen LogP contribution >= 0.6 is 0 Å². The molecule has 11 nitrogen and oxygen atoms in total. The molecule has 11 heteroatoms. The number of nitrogens with one attached hydrogen (secondary N) is 2. The first-order valence-corrected chi connectivity index (χ1v) is 15.2. The molecule has 0 saturated carbocycles. The van der Waals surface area contributed by atoms with E-state index in [1.165, 1.54) is 0 Å². The first-order chi connectivity index (χ1) is 21.3. The molecule has 2 aromatic carbocycles. The molecule has 0 bridgehead atoms. The summed E-state index contributed by atoms with van der Waals surface area (Å²) >= 11 is 0. The van der Waals surface area contributed by atoms with Gasteiger partial charge in [0.05, 0.1) is 18.6 Å². The fourth-order valence-corrected chi connectivity index (χ4v) is 5.80. The summed E-state index contributed by atoms with van der Waals surface area (Å²) in [6, 6.07) is 16.9. The summed E-state index contributed by atoms with van der Waals surface area (Å²) in [6.07, 6.45) is 3.05. The van der Waals surface area contributed by atoms with E-state index >= 15 is 0 Å². The van der Waals surface area contributed by atoms with Crippen molar-refractivity contribution in [1.29, 1.82) is 0 Å². The van der Waals surface area contributed by atoms with Crippen LogP contribution in [0.5, 0.6) is 0 Å². The number of anilines is 3. The summed E-state index contributed by atoms with van der Waals surface area (Å²) in [7, 11) is 4.09. The molecule has 0 spiro atoms. The molecule has 1 unspecified atom stereocenters. The number of likely N-dealkylation sites (N-methyl/N-ethyl adjacent to an activating group) is 1. The number of amides is 3. The first-order valence-electron chi connectivity index (χ1n) is 15.2. The molecule has 2 aromatic heterocycles. The lowest BCUT2D eigenvalue weighted by molar-refractivity contribution is 0.0783. The average Bonchev–Trinajstić information content (AvgIpc) is 3.70. The highest BCUT2D eigenvalue weighted by molar-refractivity contribution is 6.00. The fraction of sp³-hybridized carbons (Fsp3) is 0.394. The van der Waals surface area contributed by atoms with Gasteiger partial charge in [0.25, 0.3) is 5.91 Å². The van der Waals surface area contributed by atoms with Crippen molar-refractivity contribution in [3.63, 3.8) is 0 Å². The van der Waals surface area contributed by atoms with E-state index in [2.05, 4.69) is 51.1 Å². The van der Waals surface area contributed by atoms with Gasteiger partial charge in [-0.1, -0.05) is 0 Å². The highest BCUT2D eigenvalue weighted by Crippen LogP contribution is 2.31. The third-order valence-corrected chi connectivity index (χ3v) is 8.39. The van der Waals surface area contributed by atoms with Gasteiger partial charge in [0.2, 0.25) is 0 Å². The summed E-state index contributed by atoms with van der Waals surface area (Å²) in [6.45, 7) is 8.68. The fourth-order valence-electron chi connectivity index (χ4n) is 5.80. The molecule has 4 heterocycles. The molecule has 0 aliphatic carbocycles.